The molecule has 5 nitrogen and oxygen atoms in total. The average molecular weight is 279 g/mol. The molecule has 19 heavy (non-hydrogen) atoms. The van der Waals surface area contributed by atoms with Crippen molar-refractivity contribution in [3.63, 3.8) is 0 Å². The highest BCUT2D eigenvalue weighted by Gasteiger charge is 2.09. The summed E-state index contributed by atoms with van der Waals surface area (Å²) < 4.78 is 2.60. The Balaban J connectivity index is 2.17. The van der Waals surface area contributed by atoms with Crippen LogP contribution in [0, 0.1) is 0 Å². The van der Waals surface area contributed by atoms with Crippen molar-refractivity contribution in [2.24, 2.45) is 14.1 Å². The van der Waals surface area contributed by atoms with Gasteiger partial charge in [0, 0.05) is 38.4 Å². The number of thiophene rings is 1. The Morgan fingerprint density at radius 3 is 2.68 bits per heavy atom. The third-order valence-electron chi connectivity index (χ3n) is 3.26. The first kappa shape index (κ1) is 13.8. The lowest BCUT2D eigenvalue weighted by Crippen LogP contribution is -2.39. The molecular weight excluding hydrogens is 262 g/mol. The maximum atomic E-state index is 11.8. The van der Waals surface area contributed by atoms with Gasteiger partial charge < -0.3 is 5.32 Å². The van der Waals surface area contributed by atoms with E-state index >= 15 is 0 Å². The van der Waals surface area contributed by atoms with Gasteiger partial charge in [0.05, 0.1) is 0 Å². The second kappa shape index (κ2) is 5.54. The average Bonchev–Trinajstić information content (AvgIpc) is 2.92. The van der Waals surface area contributed by atoms with Crippen LogP contribution in [0.25, 0.3) is 0 Å². The van der Waals surface area contributed by atoms with Gasteiger partial charge in [-0.05, 0) is 29.3 Å². The van der Waals surface area contributed by atoms with Gasteiger partial charge in [0.2, 0.25) is 0 Å². The number of hydrogen-bond acceptors (Lipinski definition) is 4. The second-order valence-corrected chi connectivity index (χ2v) is 5.31. The SMILES string of the molecule is CC(NCc1cc(=O)n(C)c(=O)n1C)c1ccsc1. The highest BCUT2D eigenvalue weighted by Crippen LogP contribution is 2.15. The van der Waals surface area contributed by atoms with Gasteiger partial charge in [-0.25, -0.2) is 4.79 Å². The zero-order chi connectivity index (χ0) is 14.0. The van der Waals surface area contributed by atoms with Crippen LogP contribution in [0.5, 0.6) is 0 Å². The van der Waals surface area contributed by atoms with Gasteiger partial charge in [-0.15, -0.1) is 0 Å². The lowest BCUT2D eigenvalue weighted by Gasteiger charge is -2.14. The molecule has 2 heterocycles. The summed E-state index contributed by atoms with van der Waals surface area (Å²) in [5.74, 6) is 0. The van der Waals surface area contributed by atoms with Crippen molar-refractivity contribution in [1.82, 2.24) is 14.5 Å². The van der Waals surface area contributed by atoms with E-state index in [1.54, 1.807) is 18.4 Å². The Hall–Kier alpha value is -1.66. The summed E-state index contributed by atoms with van der Waals surface area (Å²) in [4.78, 5) is 23.4. The minimum atomic E-state index is -0.299. The normalized spacial score (nSPS) is 12.6. The Morgan fingerprint density at radius 2 is 2.05 bits per heavy atom. The van der Waals surface area contributed by atoms with Crippen LogP contribution in [0.1, 0.15) is 24.2 Å². The van der Waals surface area contributed by atoms with E-state index in [0.717, 1.165) is 4.57 Å². The standard InChI is InChI=1S/C13H17N3O2S/c1-9(10-4-5-19-8-10)14-7-11-6-12(17)16(3)13(18)15(11)2/h4-6,8-9,14H,7H2,1-3H3. The highest BCUT2D eigenvalue weighted by atomic mass is 32.1. The molecule has 0 radical (unpaired) electrons. The number of nitrogens with one attached hydrogen (secondary N) is 1. The number of hydrogen-bond donors (Lipinski definition) is 1. The third-order valence-corrected chi connectivity index (χ3v) is 3.96. The minimum absolute atomic E-state index is 0.186. The van der Waals surface area contributed by atoms with E-state index < -0.39 is 0 Å². The number of aromatic nitrogens is 2. The van der Waals surface area contributed by atoms with Crippen molar-refractivity contribution < 1.29 is 0 Å². The van der Waals surface area contributed by atoms with Gasteiger partial charge in [-0.3, -0.25) is 13.9 Å². The molecule has 1 unspecified atom stereocenters. The highest BCUT2D eigenvalue weighted by molar-refractivity contribution is 7.07. The predicted octanol–water partition coefficient (Wildman–Crippen LogP) is 0.996. The van der Waals surface area contributed by atoms with Crippen molar-refractivity contribution in [3.8, 4) is 0 Å². The Morgan fingerprint density at radius 1 is 1.32 bits per heavy atom. The van der Waals surface area contributed by atoms with Crippen molar-refractivity contribution in [2.75, 3.05) is 0 Å². The molecule has 0 bridgehead atoms. The zero-order valence-electron chi connectivity index (χ0n) is 11.2. The van der Waals surface area contributed by atoms with E-state index in [0.29, 0.717) is 12.2 Å². The van der Waals surface area contributed by atoms with Gasteiger partial charge in [-0.2, -0.15) is 11.3 Å². The quantitative estimate of drug-likeness (QED) is 0.908. The Bertz CT molecular complexity index is 670. The Kier molecular flexibility index (Phi) is 4.01. The van der Waals surface area contributed by atoms with Crippen LogP contribution in [0.15, 0.2) is 32.5 Å². The smallest absolute Gasteiger partial charge is 0.305 e. The number of nitrogens with zero attached hydrogens (tertiary/aromatic N) is 2. The molecule has 0 saturated carbocycles. The fraction of sp³-hybridized carbons (Fsp3) is 0.385. The molecule has 0 saturated heterocycles. The van der Waals surface area contributed by atoms with Crippen LogP contribution >= 0.6 is 11.3 Å². The fourth-order valence-electron chi connectivity index (χ4n) is 1.84. The molecule has 6 heteroatoms. The van der Waals surface area contributed by atoms with Gasteiger partial charge in [-0.1, -0.05) is 0 Å². The second-order valence-electron chi connectivity index (χ2n) is 4.53. The topological polar surface area (TPSA) is 56.0 Å². The molecule has 0 aliphatic heterocycles. The molecule has 102 valence electrons. The number of rotatable bonds is 4. The lowest BCUT2D eigenvalue weighted by atomic mass is 10.2. The summed E-state index contributed by atoms with van der Waals surface area (Å²) in [6, 6.07) is 3.74. The summed E-state index contributed by atoms with van der Waals surface area (Å²) >= 11 is 1.65. The van der Waals surface area contributed by atoms with Crippen molar-refractivity contribution in [1.29, 1.82) is 0 Å². The van der Waals surface area contributed by atoms with E-state index in [2.05, 4.69) is 23.7 Å². The first-order valence-electron chi connectivity index (χ1n) is 6.02. The molecule has 2 rings (SSSR count). The molecule has 0 fully saturated rings. The first-order chi connectivity index (χ1) is 9.00. The summed E-state index contributed by atoms with van der Waals surface area (Å²) in [5.41, 5.74) is 1.32. The first-order valence-corrected chi connectivity index (χ1v) is 6.96. The molecule has 0 aliphatic carbocycles. The van der Waals surface area contributed by atoms with Crippen LogP contribution < -0.4 is 16.6 Å². The fourth-order valence-corrected chi connectivity index (χ4v) is 2.60. The van der Waals surface area contributed by atoms with Crippen molar-refractivity contribution in [2.45, 2.75) is 19.5 Å². The van der Waals surface area contributed by atoms with Crippen LogP contribution in [0.4, 0.5) is 0 Å². The summed E-state index contributed by atoms with van der Waals surface area (Å²) in [5, 5.41) is 7.43. The maximum absolute atomic E-state index is 11.8. The van der Waals surface area contributed by atoms with Crippen LogP contribution in [-0.4, -0.2) is 9.13 Å². The minimum Gasteiger partial charge on any atom is -0.305 e. The van der Waals surface area contributed by atoms with Gasteiger partial charge in [0.15, 0.2) is 0 Å². The monoisotopic (exact) mass is 279 g/mol. The molecule has 0 aliphatic rings. The third kappa shape index (κ3) is 2.85. The zero-order valence-corrected chi connectivity index (χ0v) is 12.0. The van der Waals surface area contributed by atoms with E-state index in [4.69, 9.17) is 0 Å². The largest absolute Gasteiger partial charge is 0.330 e. The molecule has 2 aromatic rings. The maximum Gasteiger partial charge on any atom is 0.330 e. The van der Waals surface area contributed by atoms with Gasteiger partial charge >= 0.3 is 5.69 Å². The Labute approximate surface area is 115 Å². The van der Waals surface area contributed by atoms with E-state index in [1.807, 2.05) is 5.38 Å². The van der Waals surface area contributed by atoms with Crippen molar-refractivity contribution >= 4 is 11.3 Å². The molecule has 0 spiro atoms. The molecule has 1 atom stereocenters. The van der Waals surface area contributed by atoms with Crippen LogP contribution in [-0.2, 0) is 20.6 Å². The van der Waals surface area contributed by atoms with Crippen LogP contribution in [0.3, 0.4) is 0 Å². The van der Waals surface area contributed by atoms with Crippen molar-refractivity contribution in [3.05, 3.63) is 55.0 Å². The van der Waals surface area contributed by atoms with E-state index in [-0.39, 0.29) is 17.3 Å². The predicted molar refractivity (Wildman–Crippen MR) is 76.5 cm³/mol. The van der Waals surface area contributed by atoms with Crippen LogP contribution in [0.2, 0.25) is 0 Å². The molecule has 0 aromatic carbocycles. The molecular formula is C13H17N3O2S. The van der Waals surface area contributed by atoms with Gasteiger partial charge in [0.1, 0.15) is 0 Å². The summed E-state index contributed by atoms with van der Waals surface area (Å²) in [7, 11) is 3.16. The molecule has 0 amide bonds. The summed E-state index contributed by atoms with van der Waals surface area (Å²) in [6.45, 7) is 2.54. The van der Waals surface area contributed by atoms with Gasteiger partial charge in [0.25, 0.3) is 5.56 Å². The van der Waals surface area contributed by atoms with E-state index in [1.165, 1.54) is 23.2 Å². The lowest BCUT2D eigenvalue weighted by molar-refractivity contribution is 0.541. The summed E-state index contributed by atoms with van der Waals surface area (Å²) in [6.07, 6.45) is 0. The molecule has 2 aromatic heterocycles. The molecule has 1 N–H and O–H groups in total. The van der Waals surface area contributed by atoms with E-state index in [9.17, 15) is 9.59 Å².